The smallest absolute Gasteiger partial charge is 0.410 e. The highest BCUT2D eigenvalue weighted by molar-refractivity contribution is 6.76. The highest BCUT2D eigenvalue weighted by Gasteiger charge is 2.33. The molecule has 1 amide bonds. The normalized spacial score (nSPS) is 17.1. The van der Waals surface area contributed by atoms with Gasteiger partial charge in [-0.05, 0) is 36.4 Å². The molecule has 2 aromatic heterocycles. The molecule has 1 fully saturated rings. The number of carbonyl (C=O) groups is 2. The number of likely N-dealkylation sites (tertiary alicyclic amines) is 1. The van der Waals surface area contributed by atoms with Crippen molar-refractivity contribution in [3.05, 3.63) is 60.2 Å². The van der Waals surface area contributed by atoms with Crippen LogP contribution in [-0.4, -0.2) is 59.6 Å². The predicted molar refractivity (Wildman–Crippen MR) is 146 cm³/mol. The Balaban J connectivity index is 1.45. The van der Waals surface area contributed by atoms with Gasteiger partial charge in [0.15, 0.2) is 0 Å². The Morgan fingerprint density at radius 1 is 1.19 bits per heavy atom. The summed E-state index contributed by atoms with van der Waals surface area (Å²) >= 11 is 0. The van der Waals surface area contributed by atoms with Crippen molar-refractivity contribution < 1.29 is 19.1 Å². The zero-order chi connectivity index (χ0) is 26.3. The maximum absolute atomic E-state index is 12.8. The Morgan fingerprint density at radius 2 is 2.00 bits per heavy atom. The zero-order valence-corrected chi connectivity index (χ0v) is 23.1. The average Bonchev–Trinajstić information content (AvgIpc) is 3.32. The lowest BCUT2D eigenvalue weighted by Crippen LogP contribution is -2.42. The number of ether oxygens (including phenoxy) is 2. The molecule has 1 saturated heterocycles. The van der Waals surface area contributed by atoms with Gasteiger partial charge in [-0.3, -0.25) is 0 Å². The Hall–Kier alpha value is -3.04. The molecular weight excluding hydrogens is 484 g/mol. The third kappa shape index (κ3) is 7.26. The Kier molecular flexibility index (Phi) is 9.10. The van der Waals surface area contributed by atoms with Gasteiger partial charge in [0.25, 0.3) is 0 Å². The minimum atomic E-state index is -1.15. The van der Waals surface area contributed by atoms with E-state index in [9.17, 15) is 9.59 Å². The number of benzene rings is 1. The van der Waals surface area contributed by atoms with Crippen molar-refractivity contribution in [2.45, 2.75) is 64.2 Å². The van der Waals surface area contributed by atoms with E-state index < -0.39 is 8.07 Å². The van der Waals surface area contributed by atoms with E-state index >= 15 is 0 Å². The van der Waals surface area contributed by atoms with E-state index in [0.29, 0.717) is 26.2 Å². The maximum atomic E-state index is 12.8. The van der Waals surface area contributed by atoms with Crippen LogP contribution in [0, 0.1) is 5.92 Å². The van der Waals surface area contributed by atoms with Crippen LogP contribution in [0.2, 0.25) is 25.7 Å². The van der Waals surface area contributed by atoms with E-state index in [4.69, 9.17) is 9.47 Å². The molecule has 1 aromatic carbocycles. The maximum Gasteiger partial charge on any atom is 0.410 e. The molecule has 9 heteroatoms. The van der Waals surface area contributed by atoms with Crippen LogP contribution in [0.1, 0.15) is 36.4 Å². The molecule has 0 bridgehead atoms. The van der Waals surface area contributed by atoms with Crippen molar-refractivity contribution in [1.29, 1.82) is 0 Å². The summed E-state index contributed by atoms with van der Waals surface area (Å²) in [6.45, 7) is 9.63. The van der Waals surface area contributed by atoms with Crippen molar-refractivity contribution in [3.8, 4) is 0 Å². The van der Waals surface area contributed by atoms with E-state index in [2.05, 4.69) is 29.6 Å². The molecule has 1 aliphatic rings. The largest absolute Gasteiger partial charge is 0.445 e. The predicted octanol–water partition coefficient (Wildman–Crippen LogP) is 5.47. The first-order valence-corrected chi connectivity index (χ1v) is 16.8. The highest BCUT2D eigenvalue weighted by atomic mass is 28.3. The molecule has 37 heavy (non-hydrogen) atoms. The van der Waals surface area contributed by atoms with Crippen LogP contribution in [0.4, 0.5) is 4.79 Å². The van der Waals surface area contributed by atoms with Gasteiger partial charge in [0.1, 0.15) is 31.6 Å². The number of hydrogen-bond acceptors (Lipinski definition) is 6. The van der Waals surface area contributed by atoms with Crippen molar-refractivity contribution in [3.63, 3.8) is 0 Å². The van der Waals surface area contributed by atoms with Crippen LogP contribution < -0.4 is 0 Å². The monoisotopic (exact) mass is 522 g/mol. The SMILES string of the molecule is C[Si](C)(C)CCOCn1ccc2c(C(CC=O)C3CCCN(C(=O)OCc4ccccc4)C3)ncnc21. The second-order valence-electron chi connectivity index (χ2n) is 11.0. The number of hydrogen-bond donors (Lipinski definition) is 0. The van der Waals surface area contributed by atoms with E-state index in [1.807, 2.05) is 47.2 Å². The molecule has 3 aromatic rings. The standard InChI is InChI=1S/C28H38N4O4Si/c1-37(2,3)17-16-35-21-32-14-11-25-26(29-20-30-27(25)32)24(12-15-33)23-10-7-13-31(18-23)28(34)36-19-22-8-5-4-6-9-22/h4-6,8-9,11,14-15,20,23-24H,7,10,12-13,16-19,21H2,1-3H3. The van der Waals surface area contributed by atoms with Crippen LogP contribution in [0.3, 0.4) is 0 Å². The van der Waals surface area contributed by atoms with Gasteiger partial charge in [-0.25, -0.2) is 14.8 Å². The van der Waals surface area contributed by atoms with Crippen molar-refractivity contribution in [2.75, 3.05) is 19.7 Å². The topological polar surface area (TPSA) is 86.5 Å². The first-order chi connectivity index (χ1) is 17.9. The molecule has 0 radical (unpaired) electrons. The molecule has 198 valence electrons. The molecule has 4 rings (SSSR count). The summed E-state index contributed by atoms with van der Waals surface area (Å²) in [6, 6.07) is 12.8. The number of fused-ring (bicyclic) bond motifs is 1. The van der Waals surface area contributed by atoms with Gasteiger partial charge in [0.2, 0.25) is 0 Å². The summed E-state index contributed by atoms with van der Waals surface area (Å²) in [4.78, 5) is 35.5. The molecule has 8 nitrogen and oxygen atoms in total. The van der Waals surface area contributed by atoms with Crippen LogP contribution in [0.25, 0.3) is 11.0 Å². The Labute approximate surface area is 220 Å². The van der Waals surface area contributed by atoms with E-state index in [1.165, 1.54) is 0 Å². The van der Waals surface area contributed by atoms with Gasteiger partial charge in [-0.2, -0.15) is 0 Å². The van der Waals surface area contributed by atoms with Gasteiger partial charge >= 0.3 is 6.09 Å². The summed E-state index contributed by atoms with van der Waals surface area (Å²) in [5.41, 5.74) is 2.63. The third-order valence-electron chi connectivity index (χ3n) is 7.01. The zero-order valence-electron chi connectivity index (χ0n) is 22.1. The average molecular weight is 523 g/mol. The number of carbonyl (C=O) groups excluding carboxylic acids is 2. The molecule has 0 aliphatic carbocycles. The van der Waals surface area contributed by atoms with Crippen molar-refractivity contribution in [2.24, 2.45) is 5.92 Å². The first-order valence-electron chi connectivity index (χ1n) is 13.1. The Bertz CT molecular complexity index is 1180. The molecule has 0 N–H and O–H groups in total. The van der Waals surface area contributed by atoms with Gasteiger partial charge in [0.05, 0.1) is 5.69 Å². The lowest BCUT2D eigenvalue weighted by atomic mass is 9.81. The first kappa shape index (κ1) is 27.0. The van der Waals surface area contributed by atoms with Gasteiger partial charge in [0, 0.05) is 51.7 Å². The van der Waals surface area contributed by atoms with Gasteiger partial charge in [-0.1, -0.05) is 50.0 Å². The van der Waals surface area contributed by atoms with Crippen LogP contribution >= 0.6 is 0 Å². The second-order valence-corrected chi connectivity index (χ2v) is 16.6. The number of nitrogens with zero attached hydrogens (tertiary/aromatic N) is 4. The number of aromatic nitrogens is 3. The summed E-state index contributed by atoms with van der Waals surface area (Å²) in [5.74, 6) is 0.00838. The molecule has 0 spiro atoms. The van der Waals surface area contributed by atoms with Crippen LogP contribution in [-0.2, 0) is 27.6 Å². The fraction of sp³-hybridized carbons (Fsp3) is 0.500. The fourth-order valence-electron chi connectivity index (χ4n) is 4.91. The van der Waals surface area contributed by atoms with Crippen molar-refractivity contribution >= 4 is 31.5 Å². The number of piperidine rings is 1. The van der Waals surface area contributed by atoms with E-state index in [-0.39, 0.29) is 24.5 Å². The number of amides is 1. The lowest BCUT2D eigenvalue weighted by molar-refractivity contribution is -0.108. The lowest BCUT2D eigenvalue weighted by Gasteiger charge is -2.36. The van der Waals surface area contributed by atoms with Crippen LogP contribution in [0.5, 0.6) is 0 Å². The van der Waals surface area contributed by atoms with E-state index in [1.54, 1.807) is 11.2 Å². The van der Waals surface area contributed by atoms with Crippen molar-refractivity contribution in [1.82, 2.24) is 19.4 Å². The minimum absolute atomic E-state index is 0.101. The van der Waals surface area contributed by atoms with E-state index in [0.717, 1.165) is 54.1 Å². The molecule has 2 unspecified atom stereocenters. The van der Waals surface area contributed by atoms with Gasteiger partial charge in [-0.15, -0.1) is 0 Å². The number of rotatable bonds is 11. The minimum Gasteiger partial charge on any atom is -0.445 e. The molecular formula is C28H38N4O4Si. The highest BCUT2D eigenvalue weighted by Crippen LogP contribution is 2.36. The quantitative estimate of drug-likeness (QED) is 0.189. The molecule has 3 heterocycles. The fourth-order valence-corrected chi connectivity index (χ4v) is 5.67. The second kappa shape index (κ2) is 12.5. The molecule has 2 atom stereocenters. The molecule has 1 aliphatic heterocycles. The third-order valence-corrected chi connectivity index (χ3v) is 8.71. The Morgan fingerprint density at radius 3 is 2.76 bits per heavy atom. The summed E-state index contributed by atoms with van der Waals surface area (Å²) in [5, 5.41) is 0.937. The summed E-state index contributed by atoms with van der Waals surface area (Å²) < 4.78 is 13.5. The van der Waals surface area contributed by atoms with Gasteiger partial charge < -0.3 is 23.7 Å². The number of aldehydes is 1. The molecule has 0 saturated carbocycles. The van der Waals surface area contributed by atoms with Crippen LogP contribution in [0.15, 0.2) is 48.9 Å². The summed E-state index contributed by atoms with van der Waals surface area (Å²) in [6.07, 6.45) is 6.33. The summed E-state index contributed by atoms with van der Waals surface area (Å²) in [7, 11) is -1.15.